The Bertz CT molecular complexity index is 990. The summed E-state index contributed by atoms with van der Waals surface area (Å²) < 4.78 is 15.9. The van der Waals surface area contributed by atoms with Crippen molar-refractivity contribution < 1.29 is 19.0 Å². The summed E-state index contributed by atoms with van der Waals surface area (Å²) in [6, 6.07) is 10.2. The van der Waals surface area contributed by atoms with Crippen LogP contribution in [0.2, 0.25) is 10.0 Å². The molecule has 2 aromatic rings. The molecule has 0 aliphatic heterocycles. The average Bonchev–Trinajstić information content (AvgIpc) is 2.75. The molecule has 6 nitrogen and oxygen atoms in total. The summed E-state index contributed by atoms with van der Waals surface area (Å²) in [6.45, 7) is 3.98. The Labute approximate surface area is 185 Å². The Morgan fingerprint density at radius 1 is 1.20 bits per heavy atom. The Morgan fingerprint density at radius 2 is 1.90 bits per heavy atom. The average molecular weight is 447 g/mol. The van der Waals surface area contributed by atoms with E-state index in [1.807, 2.05) is 6.07 Å². The molecule has 2 aromatic carbocycles. The van der Waals surface area contributed by atoms with Gasteiger partial charge >= 0.3 is 0 Å². The van der Waals surface area contributed by atoms with Gasteiger partial charge in [-0.2, -0.15) is 5.26 Å². The first-order valence-electron chi connectivity index (χ1n) is 8.77. The molecular weight excluding hydrogens is 427 g/mol. The molecule has 0 atom stereocenters. The molecule has 8 heteroatoms. The van der Waals surface area contributed by atoms with Gasteiger partial charge in [0.05, 0.1) is 24.3 Å². The summed E-state index contributed by atoms with van der Waals surface area (Å²) in [5.41, 5.74) is 1.12. The molecule has 1 N–H and O–H groups in total. The summed E-state index contributed by atoms with van der Waals surface area (Å²) >= 11 is 12.4. The van der Waals surface area contributed by atoms with Gasteiger partial charge in [0, 0.05) is 18.2 Å². The standard InChI is InChI=1S/C22H20Cl2N2O4/c1-4-7-30-21-18(23)9-14(10-19(21)24)8-16(12-25)22(27)26-13-15-5-6-17(28-2)11-20(15)29-3/h4-6,8-11H,1,7,13H2,2-3H3,(H,26,27)/b16-8+. The molecule has 0 spiro atoms. The maximum atomic E-state index is 12.5. The van der Waals surface area contributed by atoms with Gasteiger partial charge in [0.1, 0.15) is 29.7 Å². The monoisotopic (exact) mass is 446 g/mol. The van der Waals surface area contributed by atoms with Crippen molar-refractivity contribution in [3.8, 4) is 23.3 Å². The lowest BCUT2D eigenvalue weighted by Crippen LogP contribution is -2.24. The van der Waals surface area contributed by atoms with E-state index in [2.05, 4.69) is 11.9 Å². The molecule has 30 heavy (non-hydrogen) atoms. The Kier molecular flexibility index (Phi) is 8.60. The van der Waals surface area contributed by atoms with Crippen LogP contribution in [-0.4, -0.2) is 26.7 Å². The van der Waals surface area contributed by atoms with Crippen molar-refractivity contribution in [2.45, 2.75) is 6.54 Å². The normalized spacial score (nSPS) is 10.7. The van der Waals surface area contributed by atoms with Crippen LogP contribution in [0.5, 0.6) is 17.2 Å². The van der Waals surface area contributed by atoms with Gasteiger partial charge in [-0.15, -0.1) is 0 Å². The predicted octanol–water partition coefficient (Wildman–Crippen LogP) is 4.80. The first-order valence-corrected chi connectivity index (χ1v) is 9.52. The molecule has 0 aliphatic carbocycles. The van der Waals surface area contributed by atoms with Crippen LogP contribution < -0.4 is 19.5 Å². The molecule has 0 heterocycles. The second-order valence-electron chi connectivity index (χ2n) is 5.94. The fourth-order valence-electron chi connectivity index (χ4n) is 2.53. The number of nitrogens with zero attached hydrogens (tertiary/aromatic N) is 1. The van der Waals surface area contributed by atoms with Crippen LogP contribution in [-0.2, 0) is 11.3 Å². The van der Waals surface area contributed by atoms with Crippen LogP contribution in [0.1, 0.15) is 11.1 Å². The number of amides is 1. The molecule has 0 aliphatic rings. The van der Waals surface area contributed by atoms with E-state index in [4.69, 9.17) is 37.4 Å². The zero-order valence-electron chi connectivity index (χ0n) is 16.5. The van der Waals surface area contributed by atoms with Gasteiger partial charge < -0.3 is 19.5 Å². The number of hydrogen-bond donors (Lipinski definition) is 1. The minimum absolute atomic E-state index is 0.102. The number of methoxy groups -OCH3 is 2. The molecule has 1 amide bonds. The topological polar surface area (TPSA) is 80.6 Å². The number of carbonyl (C=O) groups excluding carboxylic acids is 1. The smallest absolute Gasteiger partial charge is 0.262 e. The van der Waals surface area contributed by atoms with Gasteiger partial charge in [0.25, 0.3) is 5.91 Å². The number of nitrogens with one attached hydrogen (secondary N) is 1. The number of nitriles is 1. The third kappa shape index (κ3) is 5.93. The highest BCUT2D eigenvalue weighted by molar-refractivity contribution is 6.37. The lowest BCUT2D eigenvalue weighted by molar-refractivity contribution is -0.117. The second kappa shape index (κ2) is 11.1. The number of benzene rings is 2. The fourth-order valence-corrected chi connectivity index (χ4v) is 3.14. The third-order valence-electron chi connectivity index (χ3n) is 3.98. The van der Waals surface area contributed by atoms with E-state index in [0.29, 0.717) is 22.8 Å². The van der Waals surface area contributed by atoms with Crippen molar-refractivity contribution >= 4 is 35.2 Å². The largest absolute Gasteiger partial charge is 0.497 e. The molecule has 2 rings (SSSR count). The van der Waals surface area contributed by atoms with Gasteiger partial charge in [-0.05, 0) is 35.9 Å². The maximum absolute atomic E-state index is 12.5. The van der Waals surface area contributed by atoms with Crippen LogP contribution >= 0.6 is 23.2 Å². The molecule has 0 unspecified atom stereocenters. The lowest BCUT2D eigenvalue weighted by atomic mass is 10.1. The minimum Gasteiger partial charge on any atom is -0.497 e. The van der Waals surface area contributed by atoms with E-state index < -0.39 is 5.91 Å². The Hall–Kier alpha value is -3.14. The fraction of sp³-hybridized carbons (Fsp3) is 0.182. The number of ether oxygens (including phenoxy) is 3. The van der Waals surface area contributed by atoms with Crippen molar-refractivity contribution in [1.82, 2.24) is 5.32 Å². The van der Waals surface area contributed by atoms with Gasteiger partial charge in [-0.25, -0.2) is 0 Å². The van der Waals surface area contributed by atoms with Gasteiger partial charge in [0.2, 0.25) is 0 Å². The van der Waals surface area contributed by atoms with Crippen molar-refractivity contribution in [2.24, 2.45) is 0 Å². The van der Waals surface area contributed by atoms with Crippen LogP contribution in [0, 0.1) is 11.3 Å². The number of rotatable bonds is 9. The van der Waals surface area contributed by atoms with Crippen molar-refractivity contribution in [3.63, 3.8) is 0 Å². The number of carbonyl (C=O) groups is 1. The van der Waals surface area contributed by atoms with E-state index in [-0.39, 0.29) is 28.8 Å². The van der Waals surface area contributed by atoms with Crippen LogP contribution in [0.4, 0.5) is 0 Å². The SMILES string of the molecule is C=CCOc1c(Cl)cc(/C=C(\C#N)C(=O)NCc2ccc(OC)cc2OC)cc1Cl. The van der Waals surface area contributed by atoms with Crippen molar-refractivity contribution in [3.05, 3.63) is 69.7 Å². The highest BCUT2D eigenvalue weighted by Gasteiger charge is 2.13. The third-order valence-corrected chi connectivity index (χ3v) is 4.54. The summed E-state index contributed by atoms with van der Waals surface area (Å²) in [4.78, 5) is 12.5. The van der Waals surface area contributed by atoms with Gasteiger partial charge in [-0.1, -0.05) is 35.9 Å². The summed E-state index contributed by atoms with van der Waals surface area (Å²) in [6.07, 6.45) is 2.96. The molecule has 156 valence electrons. The van der Waals surface area contributed by atoms with E-state index in [1.54, 1.807) is 43.5 Å². The molecule has 0 saturated heterocycles. The predicted molar refractivity (Wildman–Crippen MR) is 117 cm³/mol. The zero-order valence-corrected chi connectivity index (χ0v) is 18.0. The molecule has 0 aromatic heterocycles. The molecule has 0 radical (unpaired) electrons. The second-order valence-corrected chi connectivity index (χ2v) is 6.76. The highest BCUT2D eigenvalue weighted by atomic mass is 35.5. The lowest BCUT2D eigenvalue weighted by Gasteiger charge is -2.11. The zero-order chi connectivity index (χ0) is 22.1. The first-order chi connectivity index (χ1) is 14.4. The van der Waals surface area contributed by atoms with Crippen molar-refractivity contribution in [2.75, 3.05) is 20.8 Å². The van der Waals surface area contributed by atoms with Crippen LogP contribution in [0.25, 0.3) is 6.08 Å². The number of hydrogen-bond acceptors (Lipinski definition) is 5. The molecule has 0 fully saturated rings. The van der Waals surface area contributed by atoms with E-state index in [9.17, 15) is 10.1 Å². The Morgan fingerprint density at radius 3 is 2.47 bits per heavy atom. The summed E-state index contributed by atoms with van der Waals surface area (Å²) in [5, 5.41) is 12.6. The van der Waals surface area contributed by atoms with Gasteiger partial charge in [-0.3, -0.25) is 4.79 Å². The van der Waals surface area contributed by atoms with E-state index in [0.717, 1.165) is 5.56 Å². The highest BCUT2D eigenvalue weighted by Crippen LogP contribution is 2.35. The van der Waals surface area contributed by atoms with Gasteiger partial charge in [0.15, 0.2) is 5.75 Å². The maximum Gasteiger partial charge on any atom is 0.262 e. The van der Waals surface area contributed by atoms with Crippen LogP contribution in [0.15, 0.2) is 48.6 Å². The number of halogens is 2. The van der Waals surface area contributed by atoms with E-state index in [1.165, 1.54) is 13.2 Å². The van der Waals surface area contributed by atoms with E-state index >= 15 is 0 Å². The molecular formula is C22H20Cl2N2O4. The first kappa shape index (κ1) is 23.1. The summed E-state index contributed by atoms with van der Waals surface area (Å²) in [5.74, 6) is 0.958. The molecule has 0 bridgehead atoms. The van der Waals surface area contributed by atoms with Crippen molar-refractivity contribution in [1.29, 1.82) is 5.26 Å². The van der Waals surface area contributed by atoms with Crippen LogP contribution in [0.3, 0.4) is 0 Å². The minimum atomic E-state index is -0.547. The Balaban J connectivity index is 2.18. The summed E-state index contributed by atoms with van der Waals surface area (Å²) in [7, 11) is 3.08. The molecule has 0 saturated carbocycles. The quantitative estimate of drug-likeness (QED) is 0.339.